The normalized spacial score (nSPS) is 14.1. The second-order valence-electron chi connectivity index (χ2n) is 9.13. The zero-order valence-corrected chi connectivity index (χ0v) is 20.0. The highest BCUT2D eigenvalue weighted by molar-refractivity contribution is 6.00. The van der Waals surface area contributed by atoms with Gasteiger partial charge >= 0.3 is 6.09 Å². The van der Waals surface area contributed by atoms with Gasteiger partial charge < -0.3 is 19.3 Å². The Morgan fingerprint density at radius 2 is 1.50 bits per heavy atom. The van der Waals surface area contributed by atoms with Crippen molar-refractivity contribution in [2.24, 2.45) is 0 Å². The predicted molar refractivity (Wildman–Crippen MR) is 129 cm³/mol. The van der Waals surface area contributed by atoms with Crippen molar-refractivity contribution in [1.29, 1.82) is 0 Å². The third-order valence-electron chi connectivity index (χ3n) is 5.55. The van der Waals surface area contributed by atoms with E-state index in [0.29, 0.717) is 43.2 Å². The maximum absolute atomic E-state index is 13.6. The number of rotatable bonds is 4. The lowest BCUT2D eigenvalue weighted by atomic mass is 10.1. The van der Waals surface area contributed by atoms with Gasteiger partial charge in [0.25, 0.3) is 5.91 Å². The van der Waals surface area contributed by atoms with Crippen LogP contribution in [-0.2, 0) is 4.74 Å². The summed E-state index contributed by atoms with van der Waals surface area (Å²) in [6.07, 6.45) is 1.41. The highest BCUT2D eigenvalue weighted by atomic mass is 16.6. The van der Waals surface area contributed by atoms with Gasteiger partial charge in [0.1, 0.15) is 17.0 Å². The van der Waals surface area contributed by atoms with Crippen molar-refractivity contribution in [3.63, 3.8) is 0 Å². The fraction of sp³-hybridized carbons (Fsp3) is 0.346. The van der Waals surface area contributed by atoms with Crippen molar-refractivity contribution in [3.05, 3.63) is 66.4 Å². The molecule has 0 aliphatic carbocycles. The van der Waals surface area contributed by atoms with Gasteiger partial charge in [-0.15, -0.1) is 0 Å². The van der Waals surface area contributed by atoms with Crippen LogP contribution in [0.3, 0.4) is 0 Å². The van der Waals surface area contributed by atoms with Crippen molar-refractivity contribution >= 4 is 12.0 Å². The van der Waals surface area contributed by atoms with Crippen LogP contribution in [0.2, 0.25) is 0 Å². The van der Waals surface area contributed by atoms with E-state index >= 15 is 0 Å². The predicted octanol–water partition coefficient (Wildman–Crippen LogP) is 4.24. The zero-order valence-electron chi connectivity index (χ0n) is 20.0. The van der Waals surface area contributed by atoms with E-state index in [1.54, 1.807) is 27.8 Å². The molecule has 0 radical (unpaired) electrons. The van der Waals surface area contributed by atoms with Crippen molar-refractivity contribution in [2.45, 2.75) is 26.4 Å². The van der Waals surface area contributed by atoms with Crippen LogP contribution in [0.1, 0.15) is 31.1 Å². The molecule has 8 nitrogen and oxygen atoms in total. The number of piperazine rings is 1. The molecule has 1 aromatic heterocycles. The van der Waals surface area contributed by atoms with Gasteiger partial charge in [-0.1, -0.05) is 30.3 Å². The minimum absolute atomic E-state index is 0.132. The molecule has 0 bridgehead atoms. The molecule has 2 heterocycles. The van der Waals surface area contributed by atoms with E-state index in [1.807, 2.05) is 75.4 Å². The summed E-state index contributed by atoms with van der Waals surface area (Å²) in [5, 5.41) is 4.76. The molecule has 0 N–H and O–H groups in total. The SMILES string of the molecule is COc1ccccc1-c1nn(-c2ccccc2)cc1C(=O)N1CCN(C(=O)OC(C)(C)C)CC1. The lowest BCUT2D eigenvalue weighted by Gasteiger charge is -2.35. The van der Waals surface area contributed by atoms with Crippen molar-refractivity contribution in [2.75, 3.05) is 33.3 Å². The summed E-state index contributed by atoms with van der Waals surface area (Å²) in [4.78, 5) is 29.4. The van der Waals surface area contributed by atoms with Crippen LogP contribution in [0.25, 0.3) is 16.9 Å². The lowest BCUT2D eigenvalue weighted by molar-refractivity contribution is 0.0141. The van der Waals surface area contributed by atoms with E-state index < -0.39 is 5.60 Å². The number of aromatic nitrogens is 2. The van der Waals surface area contributed by atoms with Crippen molar-refractivity contribution in [3.8, 4) is 22.7 Å². The molecular weight excluding hydrogens is 432 g/mol. The van der Waals surface area contributed by atoms with Gasteiger partial charge in [0.2, 0.25) is 0 Å². The van der Waals surface area contributed by atoms with Gasteiger partial charge in [-0.25, -0.2) is 9.48 Å². The Hall–Kier alpha value is -3.81. The first-order valence-electron chi connectivity index (χ1n) is 11.3. The van der Waals surface area contributed by atoms with Gasteiger partial charge in [-0.3, -0.25) is 4.79 Å². The first-order valence-corrected chi connectivity index (χ1v) is 11.3. The minimum Gasteiger partial charge on any atom is -0.496 e. The molecule has 2 aromatic carbocycles. The van der Waals surface area contributed by atoms with Gasteiger partial charge in [-0.2, -0.15) is 5.10 Å². The number of benzene rings is 2. The Morgan fingerprint density at radius 3 is 2.15 bits per heavy atom. The third-order valence-corrected chi connectivity index (χ3v) is 5.55. The molecule has 1 aliphatic rings. The van der Waals surface area contributed by atoms with E-state index in [4.69, 9.17) is 14.6 Å². The molecule has 4 rings (SSSR count). The standard InChI is InChI=1S/C26H30N4O4/c1-26(2,3)34-25(32)29-16-14-28(15-17-29)24(31)21-18-30(19-10-6-5-7-11-19)27-23(21)20-12-8-9-13-22(20)33-4/h5-13,18H,14-17H2,1-4H3. The maximum atomic E-state index is 13.6. The average Bonchev–Trinajstić information content (AvgIpc) is 3.28. The van der Waals surface area contributed by atoms with Crippen LogP contribution in [0, 0.1) is 0 Å². The van der Waals surface area contributed by atoms with Gasteiger partial charge in [0, 0.05) is 37.9 Å². The highest BCUT2D eigenvalue weighted by Gasteiger charge is 2.30. The number of methoxy groups -OCH3 is 1. The molecule has 34 heavy (non-hydrogen) atoms. The van der Waals surface area contributed by atoms with Gasteiger partial charge in [0.15, 0.2) is 0 Å². The molecular formula is C26H30N4O4. The Bertz CT molecular complexity index is 1160. The van der Waals surface area contributed by atoms with Crippen LogP contribution in [0.15, 0.2) is 60.8 Å². The number of ether oxygens (including phenoxy) is 2. The Balaban J connectivity index is 1.61. The zero-order chi connectivity index (χ0) is 24.3. The summed E-state index contributed by atoms with van der Waals surface area (Å²) in [5.41, 5.74) is 2.09. The molecule has 0 spiro atoms. The maximum Gasteiger partial charge on any atom is 0.410 e. The van der Waals surface area contributed by atoms with Crippen LogP contribution >= 0.6 is 0 Å². The van der Waals surface area contributed by atoms with E-state index in [9.17, 15) is 9.59 Å². The molecule has 0 saturated carbocycles. The molecule has 178 valence electrons. The summed E-state index contributed by atoms with van der Waals surface area (Å²) in [5.74, 6) is 0.511. The lowest BCUT2D eigenvalue weighted by Crippen LogP contribution is -2.51. The fourth-order valence-corrected chi connectivity index (χ4v) is 3.87. The van der Waals surface area contributed by atoms with Crippen molar-refractivity contribution < 1.29 is 19.1 Å². The first kappa shape index (κ1) is 23.4. The molecule has 8 heteroatoms. The van der Waals surface area contributed by atoms with Crippen LogP contribution in [0.5, 0.6) is 5.75 Å². The summed E-state index contributed by atoms with van der Waals surface area (Å²) < 4.78 is 12.7. The molecule has 1 fully saturated rings. The topological polar surface area (TPSA) is 76.9 Å². The summed E-state index contributed by atoms with van der Waals surface area (Å²) in [6, 6.07) is 17.2. The Morgan fingerprint density at radius 1 is 0.882 bits per heavy atom. The number of hydrogen-bond donors (Lipinski definition) is 0. The monoisotopic (exact) mass is 462 g/mol. The Labute approximate surface area is 199 Å². The quantitative estimate of drug-likeness (QED) is 0.580. The number of nitrogens with zero attached hydrogens (tertiary/aromatic N) is 4. The molecule has 1 saturated heterocycles. The van der Waals surface area contributed by atoms with Crippen molar-refractivity contribution in [1.82, 2.24) is 19.6 Å². The third kappa shape index (κ3) is 5.06. The highest BCUT2D eigenvalue weighted by Crippen LogP contribution is 2.32. The second kappa shape index (κ2) is 9.59. The smallest absolute Gasteiger partial charge is 0.410 e. The summed E-state index contributed by atoms with van der Waals surface area (Å²) in [7, 11) is 1.60. The summed E-state index contributed by atoms with van der Waals surface area (Å²) >= 11 is 0. The number of para-hydroxylation sites is 2. The second-order valence-corrected chi connectivity index (χ2v) is 9.13. The molecule has 1 aliphatic heterocycles. The van der Waals surface area contributed by atoms with Crippen LogP contribution < -0.4 is 4.74 Å². The number of carbonyl (C=O) groups excluding carboxylic acids is 2. The fourth-order valence-electron chi connectivity index (χ4n) is 3.87. The summed E-state index contributed by atoms with van der Waals surface area (Å²) in [6.45, 7) is 7.19. The molecule has 3 aromatic rings. The minimum atomic E-state index is -0.556. The first-order chi connectivity index (χ1) is 16.3. The Kier molecular flexibility index (Phi) is 6.58. The number of amides is 2. The molecule has 0 atom stereocenters. The van der Waals surface area contributed by atoms with Gasteiger partial charge in [0.05, 0.1) is 18.4 Å². The van der Waals surface area contributed by atoms with E-state index in [-0.39, 0.29) is 12.0 Å². The van der Waals surface area contributed by atoms with E-state index in [0.717, 1.165) is 11.3 Å². The molecule has 2 amide bonds. The number of hydrogen-bond acceptors (Lipinski definition) is 5. The molecule has 0 unspecified atom stereocenters. The van der Waals surface area contributed by atoms with Crippen LogP contribution in [0.4, 0.5) is 4.79 Å². The van der Waals surface area contributed by atoms with E-state index in [2.05, 4.69) is 0 Å². The van der Waals surface area contributed by atoms with Crippen LogP contribution in [-0.4, -0.2) is 70.5 Å². The largest absolute Gasteiger partial charge is 0.496 e. The average molecular weight is 463 g/mol. The number of carbonyl (C=O) groups is 2. The van der Waals surface area contributed by atoms with Gasteiger partial charge in [-0.05, 0) is 45.0 Å². The van der Waals surface area contributed by atoms with E-state index in [1.165, 1.54) is 0 Å².